The van der Waals surface area contributed by atoms with Crippen molar-refractivity contribution in [2.45, 2.75) is 26.2 Å². The Kier molecular flexibility index (Phi) is 5.56. The molecule has 6 nitrogen and oxygen atoms in total. The standard InChI is InChI=1S/C23H19F3N4O2/c1-2-29-14-27-20-16(15-8-4-3-5-9-15)12-30(21(20)22(29)32)13-19(31)28-18-11-7-6-10-17(18)23(24,25)26/h3-12,14H,2,13H2,1H3,(H,28,31). The van der Waals surface area contributed by atoms with Crippen molar-refractivity contribution in [1.82, 2.24) is 14.1 Å². The van der Waals surface area contributed by atoms with Crippen molar-refractivity contribution in [2.75, 3.05) is 5.32 Å². The Morgan fingerprint density at radius 3 is 2.41 bits per heavy atom. The highest BCUT2D eigenvalue weighted by Gasteiger charge is 2.33. The Morgan fingerprint density at radius 2 is 1.72 bits per heavy atom. The van der Waals surface area contributed by atoms with Gasteiger partial charge in [-0.25, -0.2) is 4.98 Å². The normalized spacial score (nSPS) is 11.6. The van der Waals surface area contributed by atoms with Crippen LogP contribution in [0.2, 0.25) is 0 Å². The number of nitrogens with one attached hydrogen (secondary N) is 1. The van der Waals surface area contributed by atoms with Crippen molar-refractivity contribution in [1.29, 1.82) is 0 Å². The second-order valence-electron chi connectivity index (χ2n) is 7.16. The summed E-state index contributed by atoms with van der Waals surface area (Å²) in [7, 11) is 0. The molecule has 0 bridgehead atoms. The molecule has 2 heterocycles. The van der Waals surface area contributed by atoms with E-state index in [1.54, 1.807) is 13.1 Å². The first-order valence-electron chi connectivity index (χ1n) is 9.89. The third-order valence-corrected chi connectivity index (χ3v) is 5.09. The van der Waals surface area contributed by atoms with Crippen molar-refractivity contribution >= 4 is 22.6 Å². The van der Waals surface area contributed by atoms with E-state index in [0.717, 1.165) is 11.6 Å². The first-order chi connectivity index (χ1) is 15.3. The van der Waals surface area contributed by atoms with Crippen LogP contribution in [0.5, 0.6) is 0 Å². The number of carbonyl (C=O) groups is 1. The fourth-order valence-corrected chi connectivity index (χ4v) is 3.58. The maximum Gasteiger partial charge on any atom is 0.418 e. The fraction of sp³-hybridized carbons (Fsp3) is 0.174. The molecule has 9 heteroatoms. The highest BCUT2D eigenvalue weighted by Crippen LogP contribution is 2.34. The molecular formula is C23H19F3N4O2. The molecule has 0 aliphatic rings. The van der Waals surface area contributed by atoms with E-state index in [-0.39, 0.29) is 23.3 Å². The third kappa shape index (κ3) is 4.01. The summed E-state index contributed by atoms with van der Waals surface area (Å²) in [6.45, 7) is 1.83. The number of hydrogen-bond acceptors (Lipinski definition) is 3. The van der Waals surface area contributed by atoms with Crippen molar-refractivity contribution in [2.24, 2.45) is 0 Å². The van der Waals surface area contributed by atoms with Gasteiger partial charge in [-0.3, -0.25) is 14.2 Å². The zero-order valence-corrected chi connectivity index (χ0v) is 17.1. The predicted octanol–water partition coefficient (Wildman–Crippen LogP) is 4.54. The molecule has 0 saturated heterocycles. The molecule has 0 aliphatic carbocycles. The average Bonchev–Trinajstić information content (AvgIpc) is 3.13. The molecule has 2 aromatic carbocycles. The molecule has 0 aliphatic heterocycles. The molecule has 0 saturated carbocycles. The summed E-state index contributed by atoms with van der Waals surface area (Å²) in [6.07, 6.45) is -1.53. The number of para-hydroxylation sites is 1. The molecule has 0 atom stereocenters. The number of aromatic nitrogens is 3. The molecule has 1 amide bonds. The first-order valence-corrected chi connectivity index (χ1v) is 9.89. The lowest BCUT2D eigenvalue weighted by Crippen LogP contribution is -2.25. The van der Waals surface area contributed by atoms with Gasteiger partial charge in [0.1, 0.15) is 17.6 Å². The molecule has 0 unspecified atom stereocenters. The van der Waals surface area contributed by atoms with E-state index in [0.29, 0.717) is 17.6 Å². The van der Waals surface area contributed by atoms with Gasteiger partial charge in [-0.05, 0) is 24.6 Å². The Labute approximate surface area is 180 Å². The van der Waals surface area contributed by atoms with E-state index in [9.17, 15) is 22.8 Å². The number of nitrogens with zero attached hydrogens (tertiary/aromatic N) is 3. The minimum absolute atomic E-state index is 0.215. The largest absolute Gasteiger partial charge is 0.418 e. The van der Waals surface area contributed by atoms with Gasteiger partial charge < -0.3 is 9.88 Å². The van der Waals surface area contributed by atoms with Crippen LogP contribution in [0, 0.1) is 0 Å². The lowest BCUT2D eigenvalue weighted by Gasteiger charge is -2.14. The van der Waals surface area contributed by atoms with Crippen molar-refractivity contribution in [3.05, 3.63) is 83.0 Å². The van der Waals surface area contributed by atoms with Gasteiger partial charge >= 0.3 is 6.18 Å². The van der Waals surface area contributed by atoms with Crippen LogP contribution in [0.25, 0.3) is 22.2 Å². The second-order valence-corrected chi connectivity index (χ2v) is 7.16. The van der Waals surface area contributed by atoms with E-state index in [1.165, 1.54) is 33.7 Å². The number of anilines is 1. The Hall–Kier alpha value is -3.88. The zero-order valence-electron chi connectivity index (χ0n) is 17.1. The number of alkyl halides is 3. The monoisotopic (exact) mass is 440 g/mol. The maximum absolute atomic E-state index is 13.3. The van der Waals surface area contributed by atoms with Gasteiger partial charge in [-0.2, -0.15) is 13.2 Å². The molecule has 2 aromatic heterocycles. The third-order valence-electron chi connectivity index (χ3n) is 5.09. The number of aryl methyl sites for hydroxylation is 1. The molecule has 0 radical (unpaired) electrons. The van der Waals surface area contributed by atoms with Crippen LogP contribution >= 0.6 is 0 Å². The highest BCUT2D eigenvalue weighted by molar-refractivity contribution is 5.96. The number of benzene rings is 2. The van der Waals surface area contributed by atoms with E-state index in [1.807, 2.05) is 30.3 Å². The van der Waals surface area contributed by atoms with E-state index in [2.05, 4.69) is 10.3 Å². The van der Waals surface area contributed by atoms with Gasteiger partial charge in [0.25, 0.3) is 5.56 Å². The van der Waals surface area contributed by atoms with Crippen LogP contribution in [0.15, 0.2) is 71.9 Å². The average molecular weight is 440 g/mol. The van der Waals surface area contributed by atoms with Gasteiger partial charge in [0, 0.05) is 18.3 Å². The Morgan fingerprint density at radius 1 is 1.03 bits per heavy atom. The molecule has 0 fully saturated rings. The van der Waals surface area contributed by atoms with Crippen LogP contribution in [-0.4, -0.2) is 20.0 Å². The SMILES string of the molecule is CCn1cnc2c(-c3ccccc3)cn(CC(=O)Nc3ccccc3C(F)(F)F)c2c1=O. The number of halogens is 3. The van der Waals surface area contributed by atoms with Gasteiger partial charge in [-0.1, -0.05) is 42.5 Å². The molecule has 4 rings (SSSR count). The van der Waals surface area contributed by atoms with Crippen LogP contribution in [-0.2, 0) is 24.1 Å². The molecule has 32 heavy (non-hydrogen) atoms. The molecule has 164 valence electrons. The van der Waals surface area contributed by atoms with Gasteiger partial charge in [0.05, 0.1) is 17.6 Å². The van der Waals surface area contributed by atoms with Crippen LogP contribution < -0.4 is 10.9 Å². The molecular weight excluding hydrogens is 421 g/mol. The van der Waals surface area contributed by atoms with E-state index < -0.39 is 17.6 Å². The van der Waals surface area contributed by atoms with Crippen LogP contribution in [0.4, 0.5) is 18.9 Å². The molecule has 1 N–H and O–H groups in total. The predicted molar refractivity (Wildman–Crippen MR) is 115 cm³/mol. The number of rotatable bonds is 5. The smallest absolute Gasteiger partial charge is 0.332 e. The number of amides is 1. The van der Waals surface area contributed by atoms with E-state index in [4.69, 9.17) is 0 Å². The topological polar surface area (TPSA) is 68.9 Å². The summed E-state index contributed by atoms with van der Waals surface area (Å²) >= 11 is 0. The summed E-state index contributed by atoms with van der Waals surface area (Å²) < 4.78 is 42.6. The summed E-state index contributed by atoms with van der Waals surface area (Å²) in [5.41, 5.74) is 0.495. The number of carbonyl (C=O) groups excluding carboxylic acids is 1. The summed E-state index contributed by atoms with van der Waals surface area (Å²) in [5, 5.41) is 2.32. The lowest BCUT2D eigenvalue weighted by molar-refractivity contribution is -0.137. The van der Waals surface area contributed by atoms with Crippen molar-refractivity contribution in [3.8, 4) is 11.1 Å². The van der Waals surface area contributed by atoms with E-state index >= 15 is 0 Å². The lowest BCUT2D eigenvalue weighted by atomic mass is 10.1. The zero-order chi connectivity index (χ0) is 22.9. The Balaban J connectivity index is 1.75. The summed E-state index contributed by atoms with van der Waals surface area (Å²) in [4.78, 5) is 30.1. The van der Waals surface area contributed by atoms with Gasteiger partial charge in [-0.15, -0.1) is 0 Å². The van der Waals surface area contributed by atoms with Crippen LogP contribution in [0.1, 0.15) is 12.5 Å². The first kappa shape index (κ1) is 21.4. The minimum Gasteiger partial charge on any atom is -0.332 e. The van der Waals surface area contributed by atoms with Crippen molar-refractivity contribution < 1.29 is 18.0 Å². The Bertz CT molecular complexity index is 1340. The summed E-state index contributed by atoms with van der Waals surface area (Å²) in [6, 6.07) is 14.0. The molecule has 4 aromatic rings. The van der Waals surface area contributed by atoms with Gasteiger partial charge in [0.2, 0.25) is 5.91 Å². The maximum atomic E-state index is 13.3. The fourth-order valence-electron chi connectivity index (χ4n) is 3.58. The number of fused-ring (bicyclic) bond motifs is 1. The molecule has 0 spiro atoms. The highest BCUT2D eigenvalue weighted by atomic mass is 19.4. The second kappa shape index (κ2) is 8.33. The summed E-state index contributed by atoms with van der Waals surface area (Å²) in [5.74, 6) is -0.690. The van der Waals surface area contributed by atoms with Gasteiger partial charge in [0.15, 0.2) is 0 Å². The number of hydrogen-bond donors (Lipinski definition) is 1. The van der Waals surface area contributed by atoms with Crippen molar-refractivity contribution in [3.63, 3.8) is 0 Å². The van der Waals surface area contributed by atoms with Crippen LogP contribution in [0.3, 0.4) is 0 Å². The minimum atomic E-state index is -4.61. The quantitative estimate of drug-likeness (QED) is 0.495.